The second kappa shape index (κ2) is 13.7. The number of hydrogen-bond acceptors (Lipinski definition) is 4. The van der Waals surface area contributed by atoms with Crippen LogP contribution in [-0.2, 0) is 9.59 Å². The molecule has 4 rings (SSSR count). The van der Waals surface area contributed by atoms with E-state index in [1.54, 1.807) is 0 Å². The lowest BCUT2D eigenvalue weighted by Gasteiger charge is -2.44. The summed E-state index contributed by atoms with van der Waals surface area (Å²) in [5.74, 6) is 0.134. The summed E-state index contributed by atoms with van der Waals surface area (Å²) in [6.45, 7) is 25.0. The van der Waals surface area contributed by atoms with Crippen molar-refractivity contribution in [1.29, 1.82) is 0 Å². The fraction of sp³-hybridized carbons (Fsp3) is 0.550. The van der Waals surface area contributed by atoms with E-state index in [9.17, 15) is 9.59 Å². The Labute approximate surface area is 279 Å². The quantitative estimate of drug-likeness (QED) is 0.261. The van der Waals surface area contributed by atoms with Crippen LogP contribution in [0.2, 0.25) is 0 Å². The van der Waals surface area contributed by atoms with E-state index in [-0.39, 0.29) is 33.7 Å². The zero-order valence-electron chi connectivity index (χ0n) is 30.2. The number of para-hydroxylation sites is 2. The summed E-state index contributed by atoms with van der Waals surface area (Å²) in [5, 5.41) is 0. The van der Waals surface area contributed by atoms with Crippen LogP contribution in [0.25, 0.3) is 0 Å². The molecule has 250 valence electrons. The number of carbonyl (C=O) groups is 2. The highest BCUT2D eigenvalue weighted by Gasteiger charge is 2.39. The molecule has 46 heavy (non-hydrogen) atoms. The van der Waals surface area contributed by atoms with Gasteiger partial charge in [-0.2, -0.15) is 0 Å². The minimum Gasteiger partial charge on any atom is -0.372 e. The van der Waals surface area contributed by atoms with E-state index in [1.165, 1.54) is 0 Å². The average molecular weight is 627 g/mol. The summed E-state index contributed by atoms with van der Waals surface area (Å²) in [4.78, 5) is 37.3. The van der Waals surface area contributed by atoms with Crippen LogP contribution in [0, 0.1) is 10.8 Å². The fourth-order valence-electron chi connectivity index (χ4n) is 6.35. The summed E-state index contributed by atoms with van der Waals surface area (Å²) >= 11 is 0. The Bertz CT molecular complexity index is 1300. The minimum atomic E-state index is -0.218. The van der Waals surface area contributed by atoms with Gasteiger partial charge in [-0.25, -0.2) is 0 Å². The molecule has 2 aliphatic heterocycles. The first kappa shape index (κ1) is 35.3. The molecule has 0 spiro atoms. The first-order valence-corrected chi connectivity index (χ1v) is 17.1. The molecule has 2 heterocycles. The van der Waals surface area contributed by atoms with Crippen LogP contribution in [0.5, 0.6) is 0 Å². The standard InChI is InChI=1S/C40H58N4O2/c1-37(2,3)41-27-23-39(7,8)33(29-41)35(45)43(31-19-13-11-14-20-31)25-17-18-26-44(32-21-15-12-16-22-32)36(46)34-30-42(38(4,5)6)28-24-40(34,9)10/h11-16,19-22,29-30H,17-18,23-28H2,1-10H3. The maximum absolute atomic E-state index is 14.4. The van der Waals surface area contributed by atoms with E-state index >= 15 is 0 Å². The Morgan fingerprint density at radius 3 is 1.24 bits per heavy atom. The van der Waals surface area contributed by atoms with E-state index in [4.69, 9.17) is 0 Å². The van der Waals surface area contributed by atoms with Crippen molar-refractivity contribution in [2.45, 2.75) is 106 Å². The van der Waals surface area contributed by atoms with Gasteiger partial charge in [-0.15, -0.1) is 0 Å². The smallest absolute Gasteiger partial charge is 0.256 e. The first-order valence-electron chi connectivity index (χ1n) is 17.1. The van der Waals surface area contributed by atoms with Crippen molar-refractivity contribution in [3.05, 3.63) is 84.2 Å². The van der Waals surface area contributed by atoms with E-state index in [2.05, 4.69) is 91.4 Å². The molecule has 0 N–H and O–H groups in total. The molecule has 0 bridgehead atoms. The Kier molecular flexibility index (Phi) is 10.5. The summed E-state index contributed by atoms with van der Waals surface area (Å²) in [6, 6.07) is 20.0. The molecular weight excluding hydrogens is 568 g/mol. The van der Waals surface area contributed by atoms with E-state index in [0.717, 1.165) is 61.3 Å². The third-order valence-electron chi connectivity index (χ3n) is 9.81. The fourth-order valence-corrected chi connectivity index (χ4v) is 6.35. The van der Waals surface area contributed by atoms with Crippen LogP contribution < -0.4 is 9.80 Å². The lowest BCUT2D eigenvalue weighted by Crippen LogP contribution is -2.47. The normalized spacial score (nSPS) is 18.0. The maximum atomic E-state index is 14.4. The lowest BCUT2D eigenvalue weighted by molar-refractivity contribution is -0.117. The van der Waals surface area contributed by atoms with Crippen molar-refractivity contribution >= 4 is 23.2 Å². The summed E-state index contributed by atoms with van der Waals surface area (Å²) < 4.78 is 0. The summed E-state index contributed by atoms with van der Waals surface area (Å²) in [6.07, 6.45) is 7.61. The van der Waals surface area contributed by atoms with E-state index in [1.807, 2.05) is 70.5 Å². The molecule has 0 atom stereocenters. The molecule has 0 radical (unpaired) electrons. The predicted octanol–water partition coefficient (Wildman–Crippen LogP) is 8.66. The van der Waals surface area contributed by atoms with Crippen LogP contribution in [-0.4, -0.2) is 58.9 Å². The van der Waals surface area contributed by atoms with E-state index < -0.39 is 0 Å². The van der Waals surface area contributed by atoms with Gasteiger partial charge in [0, 0.05) is 72.2 Å². The van der Waals surface area contributed by atoms with Crippen molar-refractivity contribution in [3.63, 3.8) is 0 Å². The second-order valence-electron chi connectivity index (χ2n) is 16.4. The van der Waals surface area contributed by atoms with Gasteiger partial charge >= 0.3 is 0 Å². The van der Waals surface area contributed by atoms with Crippen molar-refractivity contribution < 1.29 is 9.59 Å². The molecule has 0 fully saturated rings. The second-order valence-corrected chi connectivity index (χ2v) is 16.4. The van der Waals surface area contributed by atoms with Gasteiger partial charge < -0.3 is 19.6 Å². The summed E-state index contributed by atoms with van der Waals surface area (Å²) in [5.41, 5.74) is 2.97. The van der Waals surface area contributed by atoms with Crippen molar-refractivity contribution in [2.75, 3.05) is 36.0 Å². The topological polar surface area (TPSA) is 47.1 Å². The first-order chi connectivity index (χ1) is 21.4. The molecule has 6 nitrogen and oxygen atoms in total. The van der Waals surface area contributed by atoms with Gasteiger partial charge in [0.05, 0.1) is 0 Å². The van der Waals surface area contributed by atoms with Gasteiger partial charge in [0.2, 0.25) is 0 Å². The van der Waals surface area contributed by atoms with E-state index in [0.29, 0.717) is 13.1 Å². The van der Waals surface area contributed by atoms with Gasteiger partial charge in [0.15, 0.2) is 0 Å². The van der Waals surface area contributed by atoms with Crippen molar-refractivity contribution in [1.82, 2.24) is 9.80 Å². The molecule has 2 aliphatic rings. The van der Waals surface area contributed by atoms with Crippen molar-refractivity contribution in [3.8, 4) is 0 Å². The SMILES string of the molecule is CC1(C)CCN(C(C)(C)C)C=C1C(=O)N(CCCCN(C(=O)C1=CN(C(C)(C)C)CCC1(C)C)c1ccccc1)c1ccccc1. The molecule has 0 saturated carbocycles. The molecule has 6 heteroatoms. The summed E-state index contributed by atoms with van der Waals surface area (Å²) in [7, 11) is 0. The number of unbranched alkanes of at least 4 members (excludes halogenated alkanes) is 1. The Morgan fingerprint density at radius 2 is 0.935 bits per heavy atom. The third-order valence-corrected chi connectivity index (χ3v) is 9.81. The number of amides is 2. The molecule has 0 aromatic heterocycles. The maximum Gasteiger partial charge on any atom is 0.256 e. The number of benzene rings is 2. The largest absolute Gasteiger partial charge is 0.372 e. The highest BCUT2D eigenvalue weighted by molar-refractivity contribution is 6.07. The zero-order valence-corrected chi connectivity index (χ0v) is 30.2. The third kappa shape index (κ3) is 8.24. The monoisotopic (exact) mass is 626 g/mol. The van der Waals surface area contributed by atoms with Gasteiger partial charge in [-0.05, 0) is 102 Å². The van der Waals surface area contributed by atoms with Crippen LogP contribution in [0.3, 0.4) is 0 Å². The van der Waals surface area contributed by atoms with Crippen molar-refractivity contribution in [2.24, 2.45) is 10.8 Å². The Morgan fingerprint density at radius 1 is 0.609 bits per heavy atom. The molecule has 2 aromatic rings. The minimum absolute atomic E-state index is 0.0563. The number of hydrogen-bond donors (Lipinski definition) is 0. The zero-order chi connectivity index (χ0) is 33.9. The molecular formula is C40H58N4O2. The number of anilines is 2. The molecule has 0 unspecified atom stereocenters. The highest BCUT2D eigenvalue weighted by atomic mass is 16.2. The molecule has 2 aromatic carbocycles. The molecule has 0 saturated heterocycles. The van der Waals surface area contributed by atoms with Crippen LogP contribution in [0.4, 0.5) is 11.4 Å². The number of nitrogens with zero attached hydrogens (tertiary/aromatic N) is 4. The van der Waals surface area contributed by atoms with Gasteiger partial charge in [0.25, 0.3) is 11.8 Å². The highest BCUT2D eigenvalue weighted by Crippen LogP contribution is 2.40. The number of rotatable bonds is 9. The van der Waals surface area contributed by atoms with Crippen LogP contribution in [0.15, 0.2) is 84.2 Å². The molecule has 0 aliphatic carbocycles. The Hall–Kier alpha value is -3.54. The molecule has 2 amide bonds. The van der Waals surface area contributed by atoms with Crippen LogP contribution in [0.1, 0.15) is 94.9 Å². The van der Waals surface area contributed by atoms with Crippen LogP contribution >= 0.6 is 0 Å². The lowest BCUT2D eigenvalue weighted by atomic mass is 9.77. The van der Waals surface area contributed by atoms with Gasteiger partial charge in [-0.1, -0.05) is 64.1 Å². The average Bonchev–Trinajstić information content (AvgIpc) is 2.98. The number of carbonyl (C=O) groups excluding carboxylic acids is 2. The Balaban J connectivity index is 1.57. The predicted molar refractivity (Wildman–Crippen MR) is 193 cm³/mol. The van der Waals surface area contributed by atoms with Gasteiger partial charge in [-0.3, -0.25) is 9.59 Å². The van der Waals surface area contributed by atoms with Gasteiger partial charge in [0.1, 0.15) is 0 Å².